The number of Topliss-reactive ketones (excluding diaryl/α,β-unsaturated/α-hetero) is 1. The summed E-state index contributed by atoms with van der Waals surface area (Å²) >= 11 is 0. The smallest absolute Gasteiger partial charge is 0.332 e. The van der Waals surface area contributed by atoms with Crippen molar-refractivity contribution in [2.75, 3.05) is 5.73 Å². The molecule has 0 heterocycles. The Balaban J connectivity index is 2.42. The van der Waals surface area contributed by atoms with Crippen LogP contribution in [0.5, 0.6) is 0 Å². The number of nitrogens with zero attached hydrogens (tertiary/aromatic N) is 1. The predicted octanol–water partition coefficient (Wildman–Crippen LogP) is 0.503. The molecule has 6 heteroatoms. The van der Waals surface area contributed by atoms with Crippen molar-refractivity contribution in [1.82, 2.24) is 5.43 Å². The normalized spacial score (nSPS) is 15.8. The molecule has 2 amide bonds. The number of nitrogens with one attached hydrogen (secondary N) is 1. The number of nitrogens with two attached hydrogens (primary N) is 2. The van der Waals surface area contributed by atoms with Crippen LogP contribution in [0.15, 0.2) is 29.4 Å². The molecule has 0 aromatic heterocycles. The van der Waals surface area contributed by atoms with Gasteiger partial charge in [0.15, 0.2) is 0 Å². The number of hydrogen-bond donors (Lipinski definition) is 3. The first kappa shape index (κ1) is 10.9. The highest BCUT2D eigenvalue weighted by atomic mass is 16.2. The van der Waals surface area contributed by atoms with Crippen molar-refractivity contribution in [3.05, 3.63) is 35.4 Å². The van der Waals surface area contributed by atoms with Gasteiger partial charge in [-0.15, -0.1) is 0 Å². The molecule has 0 aliphatic heterocycles. The van der Waals surface area contributed by atoms with Crippen LogP contribution in [0.2, 0.25) is 0 Å². The Hall–Kier alpha value is -2.63. The summed E-state index contributed by atoms with van der Waals surface area (Å²) in [5.74, 6) is -0.339. The van der Waals surface area contributed by atoms with E-state index in [2.05, 4.69) is 5.10 Å². The first-order chi connectivity index (χ1) is 8.09. The lowest BCUT2D eigenvalue weighted by molar-refractivity contribution is 0.106. The molecule has 1 aromatic rings. The van der Waals surface area contributed by atoms with Crippen molar-refractivity contribution >= 4 is 29.3 Å². The van der Waals surface area contributed by atoms with Crippen LogP contribution in [0.25, 0.3) is 6.08 Å². The van der Waals surface area contributed by atoms with Crippen molar-refractivity contribution in [3.8, 4) is 0 Å². The Morgan fingerprint density at radius 1 is 1.29 bits per heavy atom. The van der Waals surface area contributed by atoms with Crippen molar-refractivity contribution in [3.63, 3.8) is 0 Å². The number of anilines is 1. The SMILES string of the molecule is NC(=O)N/N=C1\C=Cc2cccc(N)c2C1=O. The minimum atomic E-state index is -0.828. The van der Waals surface area contributed by atoms with Gasteiger partial charge in [-0.3, -0.25) is 4.79 Å². The van der Waals surface area contributed by atoms with Crippen LogP contribution < -0.4 is 16.9 Å². The third-order valence-corrected chi connectivity index (χ3v) is 2.30. The molecular weight excluding hydrogens is 220 g/mol. The van der Waals surface area contributed by atoms with Gasteiger partial charge < -0.3 is 11.5 Å². The molecular formula is C11H10N4O2. The highest BCUT2D eigenvalue weighted by molar-refractivity contribution is 6.53. The summed E-state index contributed by atoms with van der Waals surface area (Å²) in [6.45, 7) is 0. The van der Waals surface area contributed by atoms with Gasteiger partial charge in [-0.1, -0.05) is 18.2 Å². The number of amides is 2. The number of fused-ring (bicyclic) bond motifs is 1. The van der Waals surface area contributed by atoms with Gasteiger partial charge in [0, 0.05) is 5.69 Å². The second-order valence-electron chi connectivity index (χ2n) is 3.45. The van der Waals surface area contributed by atoms with Crippen LogP contribution in [-0.2, 0) is 0 Å². The maximum Gasteiger partial charge on any atom is 0.332 e. The van der Waals surface area contributed by atoms with Gasteiger partial charge in [0.05, 0.1) is 5.56 Å². The molecule has 1 aromatic carbocycles. The van der Waals surface area contributed by atoms with E-state index in [4.69, 9.17) is 11.5 Å². The summed E-state index contributed by atoms with van der Waals surface area (Å²) in [6, 6.07) is 4.34. The van der Waals surface area contributed by atoms with Crippen LogP contribution in [0.1, 0.15) is 15.9 Å². The third-order valence-electron chi connectivity index (χ3n) is 2.30. The zero-order chi connectivity index (χ0) is 12.4. The number of benzene rings is 1. The fourth-order valence-corrected chi connectivity index (χ4v) is 1.57. The number of rotatable bonds is 1. The van der Waals surface area contributed by atoms with Crippen LogP contribution in [0.3, 0.4) is 0 Å². The Morgan fingerprint density at radius 3 is 2.76 bits per heavy atom. The van der Waals surface area contributed by atoms with Crippen LogP contribution >= 0.6 is 0 Å². The largest absolute Gasteiger partial charge is 0.398 e. The molecule has 6 nitrogen and oxygen atoms in total. The average molecular weight is 230 g/mol. The Morgan fingerprint density at radius 2 is 2.06 bits per heavy atom. The number of carbonyl (C=O) groups is 2. The van der Waals surface area contributed by atoms with Gasteiger partial charge in [-0.25, -0.2) is 10.2 Å². The van der Waals surface area contributed by atoms with Crippen molar-refractivity contribution in [1.29, 1.82) is 0 Å². The lowest BCUT2D eigenvalue weighted by atomic mass is 9.93. The van der Waals surface area contributed by atoms with E-state index in [0.29, 0.717) is 11.3 Å². The molecule has 0 saturated heterocycles. The second kappa shape index (κ2) is 4.09. The van der Waals surface area contributed by atoms with Crippen molar-refractivity contribution in [2.45, 2.75) is 0 Å². The summed E-state index contributed by atoms with van der Waals surface area (Å²) in [5.41, 5.74) is 14.2. The van der Waals surface area contributed by atoms with Gasteiger partial charge in [0.1, 0.15) is 5.71 Å². The third kappa shape index (κ3) is 2.00. The molecule has 5 N–H and O–H groups in total. The maximum absolute atomic E-state index is 12.0. The molecule has 2 rings (SSSR count). The van der Waals surface area contributed by atoms with E-state index in [1.54, 1.807) is 24.3 Å². The molecule has 1 aliphatic carbocycles. The highest BCUT2D eigenvalue weighted by Crippen LogP contribution is 2.23. The molecule has 0 saturated carbocycles. The van der Waals surface area contributed by atoms with E-state index < -0.39 is 6.03 Å². The van der Waals surface area contributed by atoms with E-state index in [1.807, 2.05) is 5.43 Å². The second-order valence-corrected chi connectivity index (χ2v) is 3.45. The molecule has 0 atom stereocenters. The van der Waals surface area contributed by atoms with Gasteiger partial charge in [-0.05, 0) is 17.7 Å². The number of hydrazone groups is 1. The Bertz CT molecular complexity index is 561. The fraction of sp³-hybridized carbons (Fsp3) is 0. The van der Waals surface area contributed by atoms with Gasteiger partial charge in [-0.2, -0.15) is 5.10 Å². The number of hydrogen-bond acceptors (Lipinski definition) is 4. The average Bonchev–Trinajstić information content (AvgIpc) is 2.28. The highest BCUT2D eigenvalue weighted by Gasteiger charge is 2.21. The Labute approximate surface area is 97.0 Å². The minimum absolute atomic E-state index is 0.0919. The van der Waals surface area contributed by atoms with Gasteiger partial charge >= 0.3 is 6.03 Å². The molecule has 0 bridgehead atoms. The fourth-order valence-electron chi connectivity index (χ4n) is 1.57. The van der Waals surface area contributed by atoms with E-state index in [-0.39, 0.29) is 11.5 Å². The van der Waals surface area contributed by atoms with Gasteiger partial charge in [0.2, 0.25) is 5.78 Å². The maximum atomic E-state index is 12.0. The number of urea groups is 1. The summed E-state index contributed by atoms with van der Waals surface area (Å²) < 4.78 is 0. The first-order valence-corrected chi connectivity index (χ1v) is 4.84. The summed E-state index contributed by atoms with van der Waals surface area (Å²) in [7, 11) is 0. The number of carbonyl (C=O) groups excluding carboxylic acids is 2. The first-order valence-electron chi connectivity index (χ1n) is 4.84. The zero-order valence-electron chi connectivity index (χ0n) is 8.81. The number of primary amides is 1. The molecule has 17 heavy (non-hydrogen) atoms. The predicted molar refractivity (Wildman–Crippen MR) is 64.4 cm³/mol. The molecule has 0 fully saturated rings. The van der Waals surface area contributed by atoms with Crippen molar-refractivity contribution in [2.24, 2.45) is 10.8 Å². The van der Waals surface area contributed by atoms with E-state index in [0.717, 1.165) is 5.56 Å². The quantitative estimate of drug-likeness (QED) is 0.482. The van der Waals surface area contributed by atoms with E-state index in [9.17, 15) is 9.59 Å². The molecule has 0 radical (unpaired) electrons. The number of ketones is 1. The standard InChI is InChI=1S/C11H10N4O2/c12-7-3-1-2-6-4-5-8(10(16)9(6)7)14-15-11(13)17/h1-5H,12H2,(H3,13,15,17)/b14-8+. The van der Waals surface area contributed by atoms with Crippen LogP contribution in [0, 0.1) is 0 Å². The molecule has 1 aliphatic rings. The molecule has 86 valence electrons. The lowest BCUT2D eigenvalue weighted by Gasteiger charge is -2.12. The van der Waals surface area contributed by atoms with Crippen LogP contribution in [-0.4, -0.2) is 17.5 Å². The Kier molecular flexibility index (Phi) is 2.61. The number of nitrogen functional groups attached to an aromatic ring is 1. The summed E-state index contributed by atoms with van der Waals surface area (Å²) in [5, 5.41) is 3.60. The van der Waals surface area contributed by atoms with E-state index in [1.165, 1.54) is 6.08 Å². The monoisotopic (exact) mass is 230 g/mol. The minimum Gasteiger partial charge on any atom is -0.398 e. The molecule has 0 unspecified atom stereocenters. The summed E-state index contributed by atoms with van der Waals surface area (Å²) in [6.07, 6.45) is 3.20. The lowest BCUT2D eigenvalue weighted by Crippen LogP contribution is -2.28. The number of allylic oxidation sites excluding steroid dienone is 1. The van der Waals surface area contributed by atoms with Crippen molar-refractivity contribution < 1.29 is 9.59 Å². The van der Waals surface area contributed by atoms with Gasteiger partial charge in [0.25, 0.3) is 0 Å². The van der Waals surface area contributed by atoms with E-state index >= 15 is 0 Å². The van der Waals surface area contributed by atoms with Crippen LogP contribution in [0.4, 0.5) is 10.5 Å². The topological polar surface area (TPSA) is 111 Å². The summed E-state index contributed by atoms with van der Waals surface area (Å²) in [4.78, 5) is 22.5. The zero-order valence-corrected chi connectivity index (χ0v) is 8.81. The molecule has 0 spiro atoms.